The number of hydrogen-bond acceptors (Lipinski definition) is 2. The van der Waals surface area contributed by atoms with Crippen molar-refractivity contribution in [2.45, 2.75) is 17.6 Å². The van der Waals surface area contributed by atoms with Gasteiger partial charge in [0.2, 0.25) is 0 Å². The first kappa shape index (κ1) is 13.1. The summed E-state index contributed by atoms with van der Waals surface area (Å²) in [7, 11) is -1.22. The fourth-order valence-corrected chi connectivity index (χ4v) is 3.56. The van der Waals surface area contributed by atoms with Crippen LogP contribution in [-0.4, -0.2) is 4.21 Å². The molecule has 4 heteroatoms. The summed E-state index contributed by atoms with van der Waals surface area (Å²) in [4.78, 5) is 0.530. The van der Waals surface area contributed by atoms with Gasteiger partial charge < -0.3 is 5.73 Å². The molecule has 2 aromatic carbocycles. The summed E-state index contributed by atoms with van der Waals surface area (Å²) in [6.07, 6.45) is 0. The summed E-state index contributed by atoms with van der Waals surface area (Å²) in [6, 6.07) is 13.1. The molecule has 0 aliphatic heterocycles. The average Bonchev–Trinajstić information content (AvgIpc) is 2.32. The van der Waals surface area contributed by atoms with Crippen LogP contribution in [-0.2, 0) is 16.6 Å². The van der Waals surface area contributed by atoms with E-state index in [1.165, 1.54) is 0 Å². The maximum absolute atomic E-state index is 12.4. The van der Waals surface area contributed by atoms with Gasteiger partial charge in [-0.05, 0) is 30.2 Å². The van der Waals surface area contributed by atoms with Gasteiger partial charge >= 0.3 is 0 Å². The highest BCUT2D eigenvalue weighted by Gasteiger charge is 2.13. The molecule has 0 aliphatic carbocycles. The lowest BCUT2D eigenvalue weighted by molar-refractivity contribution is 0.683. The Hall–Kier alpha value is -1.32. The van der Waals surface area contributed by atoms with E-state index in [1.807, 2.05) is 31.2 Å². The summed E-state index contributed by atoms with van der Waals surface area (Å²) < 4.78 is 12.4. The first-order valence-electron chi connectivity index (χ1n) is 5.56. The normalized spacial score (nSPS) is 12.3. The second kappa shape index (κ2) is 5.55. The zero-order valence-electron chi connectivity index (χ0n) is 10.0. The molecule has 18 heavy (non-hydrogen) atoms. The Kier molecular flexibility index (Phi) is 4.04. The van der Waals surface area contributed by atoms with E-state index in [-0.39, 0.29) is 0 Å². The predicted octanol–water partition coefficient (Wildman–Crippen LogP) is 3.54. The SMILES string of the molecule is Cc1ccccc1CS(=O)c1c(N)cccc1Cl. The molecule has 2 N–H and O–H groups in total. The highest BCUT2D eigenvalue weighted by molar-refractivity contribution is 7.84. The Labute approximate surface area is 114 Å². The summed E-state index contributed by atoms with van der Waals surface area (Å²) >= 11 is 6.06. The number of halogens is 1. The molecule has 0 saturated heterocycles. The molecule has 0 fully saturated rings. The van der Waals surface area contributed by atoms with Crippen molar-refractivity contribution in [1.82, 2.24) is 0 Å². The monoisotopic (exact) mass is 279 g/mol. The van der Waals surface area contributed by atoms with Crippen LogP contribution in [0.1, 0.15) is 11.1 Å². The van der Waals surface area contributed by atoms with E-state index < -0.39 is 10.8 Å². The first-order valence-corrected chi connectivity index (χ1v) is 7.26. The van der Waals surface area contributed by atoms with Gasteiger partial charge in [-0.15, -0.1) is 0 Å². The van der Waals surface area contributed by atoms with Crippen molar-refractivity contribution in [1.29, 1.82) is 0 Å². The summed E-state index contributed by atoms with van der Waals surface area (Å²) in [5.41, 5.74) is 8.49. The molecule has 0 heterocycles. The van der Waals surface area contributed by atoms with E-state index in [0.29, 0.717) is 21.4 Å². The third-order valence-corrected chi connectivity index (χ3v) is 4.68. The number of hydrogen-bond donors (Lipinski definition) is 1. The molecule has 0 bridgehead atoms. The van der Waals surface area contributed by atoms with Gasteiger partial charge in [-0.2, -0.15) is 0 Å². The zero-order valence-corrected chi connectivity index (χ0v) is 11.6. The lowest BCUT2D eigenvalue weighted by Gasteiger charge is -2.09. The number of nitrogen functional groups attached to an aromatic ring is 1. The molecule has 0 spiro atoms. The molecule has 94 valence electrons. The van der Waals surface area contributed by atoms with E-state index in [9.17, 15) is 4.21 Å². The number of rotatable bonds is 3. The van der Waals surface area contributed by atoms with Crippen LogP contribution in [0.15, 0.2) is 47.4 Å². The van der Waals surface area contributed by atoms with Crippen molar-refractivity contribution in [3.05, 3.63) is 58.6 Å². The number of benzene rings is 2. The maximum atomic E-state index is 12.4. The lowest BCUT2D eigenvalue weighted by atomic mass is 10.1. The Bertz CT molecular complexity index is 578. The van der Waals surface area contributed by atoms with Crippen molar-refractivity contribution >= 4 is 28.1 Å². The molecule has 0 radical (unpaired) electrons. The van der Waals surface area contributed by atoms with Crippen molar-refractivity contribution in [3.63, 3.8) is 0 Å². The number of anilines is 1. The molecule has 1 atom stereocenters. The van der Waals surface area contributed by atoms with Gasteiger partial charge in [0.05, 0.1) is 26.5 Å². The minimum Gasteiger partial charge on any atom is -0.398 e. The van der Waals surface area contributed by atoms with Gasteiger partial charge in [-0.1, -0.05) is 41.9 Å². The van der Waals surface area contributed by atoms with Gasteiger partial charge in [-0.3, -0.25) is 4.21 Å². The highest BCUT2D eigenvalue weighted by atomic mass is 35.5. The smallest absolute Gasteiger partial charge is 0.0806 e. The first-order chi connectivity index (χ1) is 8.59. The summed E-state index contributed by atoms with van der Waals surface area (Å²) in [5, 5.41) is 0.460. The molecule has 0 aliphatic rings. The summed E-state index contributed by atoms with van der Waals surface area (Å²) in [6.45, 7) is 2.00. The van der Waals surface area contributed by atoms with Crippen molar-refractivity contribution in [2.75, 3.05) is 5.73 Å². The Morgan fingerprint density at radius 2 is 1.89 bits per heavy atom. The third-order valence-electron chi connectivity index (χ3n) is 2.77. The topological polar surface area (TPSA) is 43.1 Å². The van der Waals surface area contributed by atoms with E-state index in [4.69, 9.17) is 17.3 Å². The predicted molar refractivity (Wildman–Crippen MR) is 77.2 cm³/mol. The van der Waals surface area contributed by atoms with Crippen LogP contribution in [0.3, 0.4) is 0 Å². The van der Waals surface area contributed by atoms with Gasteiger partial charge in [0.25, 0.3) is 0 Å². The average molecular weight is 280 g/mol. The van der Waals surface area contributed by atoms with E-state index in [2.05, 4.69) is 0 Å². The summed E-state index contributed by atoms with van der Waals surface area (Å²) in [5.74, 6) is 0.431. The van der Waals surface area contributed by atoms with Crippen molar-refractivity contribution in [3.8, 4) is 0 Å². The van der Waals surface area contributed by atoms with Gasteiger partial charge in [0.15, 0.2) is 0 Å². The van der Waals surface area contributed by atoms with E-state index >= 15 is 0 Å². The van der Waals surface area contributed by atoms with Crippen LogP contribution >= 0.6 is 11.6 Å². The maximum Gasteiger partial charge on any atom is 0.0806 e. The van der Waals surface area contributed by atoms with E-state index in [0.717, 1.165) is 11.1 Å². The minimum absolute atomic E-state index is 0.431. The molecule has 2 nitrogen and oxygen atoms in total. The standard InChI is InChI=1S/C14H14ClNOS/c1-10-5-2-3-6-11(10)9-18(17)14-12(15)7-4-8-13(14)16/h2-8H,9,16H2,1H3. The molecule has 0 aromatic heterocycles. The quantitative estimate of drug-likeness (QED) is 0.874. The molecule has 2 aromatic rings. The van der Waals surface area contributed by atoms with E-state index in [1.54, 1.807) is 18.2 Å². The third kappa shape index (κ3) is 2.74. The van der Waals surface area contributed by atoms with Crippen LogP contribution in [0.5, 0.6) is 0 Å². The fourth-order valence-electron chi connectivity index (χ4n) is 1.75. The molecular formula is C14H14ClNOS. The van der Waals surface area contributed by atoms with Gasteiger partial charge in [-0.25, -0.2) is 0 Å². The lowest BCUT2D eigenvalue weighted by Crippen LogP contribution is -2.02. The Morgan fingerprint density at radius 1 is 1.17 bits per heavy atom. The molecule has 1 unspecified atom stereocenters. The molecular weight excluding hydrogens is 266 g/mol. The largest absolute Gasteiger partial charge is 0.398 e. The van der Waals surface area contributed by atoms with Crippen LogP contribution in [0, 0.1) is 6.92 Å². The number of aryl methyl sites for hydroxylation is 1. The number of nitrogens with two attached hydrogens (primary N) is 1. The highest BCUT2D eigenvalue weighted by Crippen LogP contribution is 2.27. The molecule has 0 saturated carbocycles. The van der Waals surface area contributed by atoms with Crippen LogP contribution in [0.25, 0.3) is 0 Å². The van der Waals surface area contributed by atoms with Gasteiger partial charge in [0, 0.05) is 5.69 Å². The Morgan fingerprint density at radius 3 is 2.56 bits per heavy atom. The second-order valence-electron chi connectivity index (χ2n) is 4.07. The molecule has 0 amide bonds. The Balaban J connectivity index is 2.31. The van der Waals surface area contributed by atoms with Crippen LogP contribution in [0.4, 0.5) is 5.69 Å². The van der Waals surface area contributed by atoms with Crippen molar-refractivity contribution < 1.29 is 4.21 Å². The van der Waals surface area contributed by atoms with Gasteiger partial charge in [0.1, 0.15) is 0 Å². The van der Waals surface area contributed by atoms with Crippen molar-refractivity contribution in [2.24, 2.45) is 0 Å². The minimum atomic E-state index is -1.22. The molecule has 2 rings (SSSR count). The second-order valence-corrected chi connectivity index (χ2v) is 5.87. The van der Waals surface area contributed by atoms with Crippen LogP contribution in [0.2, 0.25) is 5.02 Å². The van der Waals surface area contributed by atoms with Crippen LogP contribution < -0.4 is 5.73 Å². The fraction of sp³-hybridized carbons (Fsp3) is 0.143. The zero-order chi connectivity index (χ0) is 13.1.